The van der Waals surface area contributed by atoms with Gasteiger partial charge < -0.3 is 20.1 Å². The lowest BCUT2D eigenvalue weighted by Gasteiger charge is -2.33. The molecule has 0 bridgehead atoms. The van der Waals surface area contributed by atoms with Crippen LogP contribution in [0.5, 0.6) is 0 Å². The number of aromatic nitrogens is 3. The van der Waals surface area contributed by atoms with Crippen LogP contribution in [0.15, 0.2) is 36.4 Å². The Bertz CT molecular complexity index is 1090. The molecule has 34 heavy (non-hydrogen) atoms. The average Bonchev–Trinajstić information content (AvgIpc) is 3.38. The highest BCUT2D eigenvalue weighted by Crippen LogP contribution is 2.45. The number of aliphatic hydroxyl groups is 1. The molecule has 0 unspecified atom stereocenters. The fourth-order valence-electron chi connectivity index (χ4n) is 5.24. The first kappa shape index (κ1) is 23.9. The second-order valence-corrected chi connectivity index (χ2v) is 8.84. The molecule has 1 aliphatic heterocycles. The molecule has 2 heterocycles. The van der Waals surface area contributed by atoms with Crippen LogP contribution in [0.3, 0.4) is 0 Å². The number of rotatable bonds is 8. The molecule has 182 valence electrons. The number of ether oxygens (including phenoxy) is 1. The summed E-state index contributed by atoms with van der Waals surface area (Å²) in [4.78, 5) is 41.4. The van der Waals surface area contributed by atoms with E-state index in [4.69, 9.17) is 4.74 Å². The number of hydrogen-bond acceptors (Lipinski definition) is 7. The standard InChI is InChI=1S/C24H31N5O5/c1-4-15(12-30)29-21(22(31)25-13-28-18-9-7-6-8-17(18)26-27-28)16-11-10-14(3)19(20(16)23(29)32)24(33)34-5-2/h6-11,14-16,19-21,30H,4-5,12-13H2,1-3H3,(H,25,31)/t14-,15+,16+,19-,20-,21+/m1/s1. The van der Waals surface area contributed by atoms with Crippen molar-refractivity contribution in [3.8, 4) is 0 Å². The maximum Gasteiger partial charge on any atom is 0.310 e. The van der Waals surface area contributed by atoms with Crippen molar-refractivity contribution in [3.63, 3.8) is 0 Å². The number of esters is 1. The molecule has 1 aromatic heterocycles. The molecule has 1 saturated heterocycles. The number of amides is 2. The Labute approximate surface area is 197 Å². The molecular formula is C24H31N5O5. The van der Waals surface area contributed by atoms with Crippen LogP contribution in [0, 0.1) is 23.7 Å². The van der Waals surface area contributed by atoms with Crippen molar-refractivity contribution >= 4 is 28.8 Å². The predicted octanol–water partition coefficient (Wildman–Crippen LogP) is 1.10. The van der Waals surface area contributed by atoms with E-state index >= 15 is 0 Å². The predicted molar refractivity (Wildman–Crippen MR) is 123 cm³/mol. The Hall–Kier alpha value is -3.27. The van der Waals surface area contributed by atoms with Crippen LogP contribution >= 0.6 is 0 Å². The average molecular weight is 470 g/mol. The SMILES string of the molecule is CCOC(=O)[C@H]1[C@@H]2C(=O)N([C@@H](CC)CO)[C@H](C(=O)NCn3nnc4ccccc43)[C@H]2C=C[C@H]1C. The Kier molecular flexibility index (Phi) is 6.97. The van der Waals surface area contributed by atoms with Crippen molar-refractivity contribution in [1.29, 1.82) is 0 Å². The third-order valence-corrected chi connectivity index (χ3v) is 6.93. The summed E-state index contributed by atoms with van der Waals surface area (Å²) < 4.78 is 6.86. The van der Waals surface area contributed by atoms with Crippen molar-refractivity contribution in [2.24, 2.45) is 23.7 Å². The Morgan fingerprint density at radius 2 is 2.00 bits per heavy atom. The molecule has 1 aromatic carbocycles. The maximum absolute atomic E-state index is 13.7. The molecule has 0 radical (unpaired) electrons. The van der Waals surface area contributed by atoms with Crippen molar-refractivity contribution in [2.45, 2.75) is 45.9 Å². The van der Waals surface area contributed by atoms with Crippen LogP contribution in [0.25, 0.3) is 11.0 Å². The quantitative estimate of drug-likeness (QED) is 0.438. The number of fused-ring (bicyclic) bond motifs is 2. The van der Waals surface area contributed by atoms with E-state index in [0.717, 1.165) is 5.52 Å². The van der Waals surface area contributed by atoms with Crippen molar-refractivity contribution in [3.05, 3.63) is 36.4 Å². The fourth-order valence-corrected chi connectivity index (χ4v) is 5.24. The first-order valence-corrected chi connectivity index (χ1v) is 11.8. The zero-order valence-electron chi connectivity index (χ0n) is 19.6. The molecular weight excluding hydrogens is 438 g/mol. The van der Waals surface area contributed by atoms with E-state index in [-0.39, 0.29) is 37.6 Å². The summed E-state index contributed by atoms with van der Waals surface area (Å²) in [5.74, 6) is -3.22. The largest absolute Gasteiger partial charge is 0.466 e. The summed E-state index contributed by atoms with van der Waals surface area (Å²) in [5, 5.41) is 21.1. The maximum atomic E-state index is 13.7. The Morgan fingerprint density at radius 3 is 2.71 bits per heavy atom. The summed E-state index contributed by atoms with van der Waals surface area (Å²) in [5.41, 5.74) is 1.48. The van der Waals surface area contributed by atoms with Gasteiger partial charge in [0, 0.05) is 5.92 Å². The summed E-state index contributed by atoms with van der Waals surface area (Å²) >= 11 is 0. The number of nitrogens with zero attached hydrogens (tertiary/aromatic N) is 4. The van der Waals surface area contributed by atoms with E-state index in [9.17, 15) is 19.5 Å². The topological polar surface area (TPSA) is 127 Å². The van der Waals surface area contributed by atoms with Gasteiger partial charge in [0.15, 0.2) is 0 Å². The molecule has 6 atom stereocenters. The van der Waals surface area contributed by atoms with Gasteiger partial charge in [0.05, 0.1) is 36.6 Å². The van der Waals surface area contributed by atoms with Crippen molar-refractivity contribution < 1.29 is 24.2 Å². The minimum atomic E-state index is -0.856. The van der Waals surface area contributed by atoms with Gasteiger partial charge in [-0.2, -0.15) is 0 Å². The molecule has 2 N–H and O–H groups in total. The van der Waals surface area contributed by atoms with Gasteiger partial charge in [-0.15, -0.1) is 5.10 Å². The van der Waals surface area contributed by atoms with E-state index in [1.165, 1.54) is 4.90 Å². The molecule has 2 aromatic rings. The minimum Gasteiger partial charge on any atom is -0.466 e. The second kappa shape index (κ2) is 9.92. The Balaban J connectivity index is 1.64. The zero-order valence-corrected chi connectivity index (χ0v) is 19.6. The minimum absolute atomic E-state index is 0.0760. The van der Waals surface area contributed by atoms with Gasteiger partial charge in [-0.25, -0.2) is 4.68 Å². The molecule has 10 heteroatoms. The molecule has 4 rings (SSSR count). The normalized spacial score (nSPS) is 27.0. The molecule has 2 amide bonds. The number of likely N-dealkylation sites (tertiary alicyclic amines) is 1. The van der Waals surface area contributed by atoms with Gasteiger partial charge in [-0.05, 0) is 31.4 Å². The Morgan fingerprint density at radius 1 is 1.24 bits per heavy atom. The number of carbonyl (C=O) groups excluding carboxylic acids is 3. The van der Waals surface area contributed by atoms with Gasteiger partial charge in [0.1, 0.15) is 18.2 Å². The van der Waals surface area contributed by atoms with Crippen LogP contribution < -0.4 is 5.32 Å². The summed E-state index contributed by atoms with van der Waals surface area (Å²) in [7, 11) is 0. The highest BCUT2D eigenvalue weighted by Gasteiger charge is 2.58. The summed E-state index contributed by atoms with van der Waals surface area (Å²) in [6.07, 6.45) is 4.22. The molecule has 0 saturated carbocycles. The lowest BCUT2D eigenvalue weighted by molar-refractivity contribution is -0.155. The monoisotopic (exact) mass is 469 g/mol. The van der Waals surface area contributed by atoms with Gasteiger partial charge in [-0.3, -0.25) is 14.4 Å². The van der Waals surface area contributed by atoms with Crippen LogP contribution in [0.4, 0.5) is 0 Å². The zero-order chi connectivity index (χ0) is 24.4. The molecule has 1 fully saturated rings. The number of para-hydroxylation sites is 1. The number of aliphatic hydroxyl groups excluding tert-OH is 1. The van der Waals surface area contributed by atoms with Gasteiger partial charge in [0.2, 0.25) is 11.8 Å². The molecule has 0 spiro atoms. The first-order chi connectivity index (χ1) is 16.4. The van der Waals surface area contributed by atoms with Gasteiger partial charge >= 0.3 is 5.97 Å². The second-order valence-electron chi connectivity index (χ2n) is 8.84. The number of benzene rings is 1. The van der Waals surface area contributed by atoms with Crippen LogP contribution in [-0.2, 0) is 25.8 Å². The van der Waals surface area contributed by atoms with Crippen molar-refractivity contribution in [1.82, 2.24) is 25.2 Å². The smallest absolute Gasteiger partial charge is 0.310 e. The highest BCUT2D eigenvalue weighted by atomic mass is 16.5. The summed E-state index contributed by atoms with van der Waals surface area (Å²) in [6, 6.07) is 6.02. The molecule has 10 nitrogen and oxygen atoms in total. The molecule has 1 aliphatic carbocycles. The van der Waals surface area contributed by atoms with Gasteiger partial charge in [0.25, 0.3) is 0 Å². The highest BCUT2D eigenvalue weighted by molar-refractivity contribution is 5.96. The lowest BCUT2D eigenvalue weighted by atomic mass is 9.70. The number of hydrogen-bond donors (Lipinski definition) is 2. The fraction of sp³-hybridized carbons (Fsp3) is 0.542. The third-order valence-electron chi connectivity index (χ3n) is 6.93. The lowest BCUT2D eigenvalue weighted by Crippen LogP contribution is -2.52. The van der Waals surface area contributed by atoms with E-state index in [2.05, 4.69) is 15.6 Å². The number of allylic oxidation sites excluding steroid dienone is 1. The van der Waals surface area contributed by atoms with E-state index < -0.39 is 35.8 Å². The van der Waals surface area contributed by atoms with Crippen LogP contribution in [0.2, 0.25) is 0 Å². The van der Waals surface area contributed by atoms with E-state index in [0.29, 0.717) is 11.9 Å². The van der Waals surface area contributed by atoms with Crippen molar-refractivity contribution in [2.75, 3.05) is 13.2 Å². The number of nitrogens with one attached hydrogen (secondary N) is 1. The number of carbonyl (C=O) groups is 3. The van der Waals surface area contributed by atoms with Crippen LogP contribution in [0.1, 0.15) is 27.2 Å². The third kappa shape index (κ3) is 4.06. The summed E-state index contributed by atoms with van der Waals surface area (Å²) in [6.45, 7) is 5.47. The van der Waals surface area contributed by atoms with E-state index in [1.807, 2.05) is 50.3 Å². The van der Waals surface area contributed by atoms with Crippen LogP contribution in [-0.4, -0.2) is 68.1 Å². The van der Waals surface area contributed by atoms with E-state index in [1.54, 1.807) is 11.6 Å². The molecule has 2 aliphatic rings. The first-order valence-electron chi connectivity index (χ1n) is 11.8. The van der Waals surface area contributed by atoms with Gasteiger partial charge in [-0.1, -0.05) is 43.3 Å².